The lowest BCUT2D eigenvalue weighted by molar-refractivity contribution is -0.140. The third-order valence-corrected chi connectivity index (χ3v) is 1.81. The molecule has 1 rings (SSSR count). The van der Waals surface area contributed by atoms with Gasteiger partial charge in [0, 0.05) is 0 Å². The quantitative estimate of drug-likeness (QED) is 0.414. The second kappa shape index (κ2) is 3.27. The smallest absolute Gasteiger partial charge is 0.395 e. The molecule has 0 spiro atoms. The van der Waals surface area contributed by atoms with Gasteiger partial charge in [-0.05, 0) is 6.07 Å². The average Bonchev–Trinajstić information content (AvgIpc) is 2.06. The summed E-state index contributed by atoms with van der Waals surface area (Å²) in [4.78, 5) is 0. The molecule has 0 heterocycles. The summed E-state index contributed by atoms with van der Waals surface area (Å²) in [6.07, 6.45) is -5.00. The largest absolute Gasteiger partial charge is 0.419 e. The summed E-state index contributed by atoms with van der Waals surface area (Å²) in [5.74, 6) is -3.83. The van der Waals surface area contributed by atoms with Crippen molar-refractivity contribution in [3.8, 4) is 0 Å². The van der Waals surface area contributed by atoms with Gasteiger partial charge < -0.3 is 5.73 Å². The van der Waals surface area contributed by atoms with Crippen molar-refractivity contribution in [2.45, 2.75) is 6.18 Å². The van der Waals surface area contributed by atoms with Gasteiger partial charge in [0.05, 0.1) is 16.3 Å². The minimum atomic E-state index is -5.00. The Kier molecular flexibility index (Phi) is 2.58. The maximum Gasteiger partial charge on any atom is 0.419 e. The zero-order chi connectivity index (χ0) is 11.1. The number of alkyl halides is 3. The van der Waals surface area contributed by atoms with Crippen LogP contribution in [-0.2, 0) is 6.18 Å². The first-order valence-electron chi connectivity index (χ1n) is 3.25. The number of hydrogen-bond acceptors (Lipinski definition) is 1. The number of hydrogen-bond donors (Lipinski definition) is 1. The summed E-state index contributed by atoms with van der Waals surface area (Å²) in [6, 6.07) is 0.245. The van der Waals surface area contributed by atoms with E-state index < -0.39 is 34.1 Å². The number of nitrogens with two attached hydrogens (primary N) is 1. The van der Waals surface area contributed by atoms with E-state index in [1.165, 1.54) is 0 Å². The number of anilines is 1. The van der Waals surface area contributed by atoms with Gasteiger partial charge in [-0.2, -0.15) is 13.2 Å². The van der Waals surface area contributed by atoms with E-state index >= 15 is 0 Å². The van der Waals surface area contributed by atoms with Gasteiger partial charge in [-0.1, -0.05) is 11.6 Å². The average molecular weight is 232 g/mol. The molecule has 7 heteroatoms. The molecular formula is C7H3ClF5N. The van der Waals surface area contributed by atoms with Crippen LogP contribution in [0.3, 0.4) is 0 Å². The van der Waals surface area contributed by atoms with Gasteiger partial charge in [-0.15, -0.1) is 0 Å². The molecule has 0 amide bonds. The highest BCUT2D eigenvalue weighted by Crippen LogP contribution is 2.36. The molecule has 1 aromatic rings. The predicted octanol–water partition coefficient (Wildman–Crippen LogP) is 3.22. The number of halogens is 6. The molecule has 0 aliphatic rings. The third-order valence-electron chi connectivity index (χ3n) is 1.50. The summed E-state index contributed by atoms with van der Waals surface area (Å²) in [6.45, 7) is 0. The second-order valence-corrected chi connectivity index (χ2v) is 2.85. The van der Waals surface area contributed by atoms with Crippen molar-refractivity contribution in [3.05, 3.63) is 28.3 Å². The van der Waals surface area contributed by atoms with E-state index in [-0.39, 0.29) is 6.07 Å². The van der Waals surface area contributed by atoms with Crippen LogP contribution >= 0.6 is 11.6 Å². The second-order valence-electron chi connectivity index (χ2n) is 2.45. The van der Waals surface area contributed by atoms with Crippen molar-refractivity contribution < 1.29 is 22.0 Å². The van der Waals surface area contributed by atoms with Gasteiger partial charge in [0.25, 0.3) is 0 Å². The number of nitrogen functional groups attached to an aromatic ring is 1. The van der Waals surface area contributed by atoms with Gasteiger partial charge in [0.2, 0.25) is 0 Å². The molecule has 0 unspecified atom stereocenters. The van der Waals surface area contributed by atoms with Gasteiger partial charge in [-0.3, -0.25) is 0 Å². The monoisotopic (exact) mass is 231 g/mol. The molecular weight excluding hydrogens is 229 g/mol. The van der Waals surface area contributed by atoms with Crippen LogP contribution in [0.15, 0.2) is 6.07 Å². The van der Waals surface area contributed by atoms with Gasteiger partial charge >= 0.3 is 6.18 Å². The van der Waals surface area contributed by atoms with Crippen LogP contribution in [-0.4, -0.2) is 0 Å². The molecule has 0 saturated carbocycles. The van der Waals surface area contributed by atoms with Crippen LogP contribution < -0.4 is 5.73 Å². The van der Waals surface area contributed by atoms with E-state index in [0.29, 0.717) is 0 Å². The highest BCUT2D eigenvalue weighted by Gasteiger charge is 2.36. The minimum Gasteiger partial charge on any atom is -0.395 e. The summed E-state index contributed by atoms with van der Waals surface area (Å²) in [5.41, 5.74) is 2.28. The summed E-state index contributed by atoms with van der Waals surface area (Å²) in [5, 5.41) is -0.670. The number of benzene rings is 1. The fraction of sp³-hybridized carbons (Fsp3) is 0.143. The van der Waals surface area contributed by atoms with E-state index in [2.05, 4.69) is 0 Å². The number of rotatable bonds is 0. The summed E-state index contributed by atoms with van der Waals surface area (Å²) < 4.78 is 61.5. The Hall–Kier alpha value is -1.04. The molecule has 0 bridgehead atoms. The maximum absolute atomic E-state index is 12.7. The van der Waals surface area contributed by atoms with Crippen molar-refractivity contribution in [1.29, 1.82) is 0 Å². The van der Waals surface area contributed by atoms with Crippen LogP contribution in [0, 0.1) is 11.6 Å². The first-order chi connectivity index (χ1) is 6.25. The van der Waals surface area contributed by atoms with Crippen molar-refractivity contribution in [2.24, 2.45) is 0 Å². The fourth-order valence-electron chi connectivity index (χ4n) is 0.815. The molecule has 1 nitrogen and oxygen atoms in total. The zero-order valence-corrected chi connectivity index (χ0v) is 7.18. The topological polar surface area (TPSA) is 26.0 Å². The lowest BCUT2D eigenvalue weighted by Gasteiger charge is -2.10. The Morgan fingerprint density at radius 1 is 1.14 bits per heavy atom. The first-order valence-corrected chi connectivity index (χ1v) is 3.63. The summed E-state index contributed by atoms with van der Waals surface area (Å²) in [7, 11) is 0. The SMILES string of the molecule is Nc1c(Cl)cc(C(F)(F)F)c(F)c1F. The third kappa shape index (κ3) is 1.75. The molecule has 0 radical (unpaired) electrons. The van der Waals surface area contributed by atoms with Crippen molar-refractivity contribution in [2.75, 3.05) is 5.73 Å². The van der Waals surface area contributed by atoms with Crippen LogP contribution in [0.1, 0.15) is 5.56 Å². The van der Waals surface area contributed by atoms with Crippen LogP contribution in [0.5, 0.6) is 0 Å². The molecule has 0 saturated heterocycles. The molecule has 14 heavy (non-hydrogen) atoms. The molecule has 0 atom stereocenters. The van der Waals surface area contributed by atoms with Gasteiger partial charge in [0.15, 0.2) is 11.6 Å². The highest BCUT2D eigenvalue weighted by molar-refractivity contribution is 6.33. The Morgan fingerprint density at radius 2 is 1.64 bits per heavy atom. The van der Waals surface area contributed by atoms with Crippen molar-refractivity contribution in [3.63, 3.8) is 0 Å². The van der Waals surface area contributed by atoms with E-state index in [4.69, 9.17) is 17.3 Å². The van der Waals surface area contributed by atoms with Crippen LogP contribution in [0.4, 0.5) is 27.6 Å². The maximum atomic E-state index is 12.7. The lowest BCUT2D eigenvalue weighted by Crippen LogP contribution is -2.11. The van der Waals surface area contributed by atoms with E-state index in [0.717, 1.165) is 0 Å². The van der Waals surface area contributed by atoms with Gasteiger partial charge in [0.1, 0.15) is 0 Å². The Balaban J connectivity index is 3.49. The highest BCUT2D eigenvalue weighted by atomic mass is 35.5. The standard InChI is InChI=1S/C7H3ClF5N/c8-3-1-2(7(11,12)13)4(9)5(10)6(3)14/h1H,14H2. The molecule has 0 fully saturated rings. The molecule has 0 aromatic heterocycles. The normalized spacial score (nSPS) is 11.9. The lowest BCUT2D eigenvalue weighted by atomic mass is 10.1. The predicted molar refractivity (Wildman–Crippen MR) is 40.8 cm³/mol. The summed E-state index contributed by atoms with van der Waals surface area (Å²) >= 11 is 5.17. The minimum absolute atomic E-state index is 0.245. The van der Waals surface area contributed by atoms with E-state index in [1.54, 1.807) is 0 Å². The molecule has 1 aromatic carbocycles. The van der Waals surface area contributed by atoms with Crippen molar-refractivity contribution in [1.82, 2.24) is 0 Å². The van der Waals surface area contributed by atoms with E-state index in [1.807, 2.05) is 0 Å². The molecule has 0 aliphatic carbocycles. The van der Waals surface area contributed by atoms with Crippen LogP contribution in [0.2, 0.25) is 5.02 Å². The van der Waals surface area contributed by atoms with Crippen molar-refractivity contribution >= 4 is 17.3 Å². The fourth-order valence-corrected chi connectivity index (χ4v) is 1.01. The van der Waals surface area contributed by atoms with Crippen LogP contribution in [0.25, 0.3) is 0 Å². The zero-order valence-electron chi connectivity index (χ0n) is 6.42. The molecule has 78 valence electrons. The Bertz CT molecular complexity index is 373. The van der Waals surface area contributed by atoms with Gasteiger partial charge in [-0.25, -0.2) is 8.78 Å². The van der Waals surface area contributed by atoms with E-state index in [9.17, 15) is 22.0 Å². The first kappa shape index (κ1) is 11.0. The Morgan fingerprint density at radius 3 is 2.07 bits per heavy atom. The Labute approximate surface area is 80.3 Å². The molecule has 0 aliphatic heterocycles. The molecule has 2 N–H and O–H groups in total.